The van der Waals surface area contributed by atoms with Gasteiger partial charge in [-0.3, -0.25) is 0 Å². The van der Waals surface area contributed by atoms with Gasteiger partial charge in [-0.25, -0.2) is 9.98 Å². The highest BCUT2D eigenvalue weighted by Crippen LogP contribution is 2.39. The average molecular weight is 668 g/mol. The lowest BCUT2D eigenvalue weighted by Crippen LogP contribution is -2.33. The van der Waals surface area contributed by atoms with Crippen molar-refractivity contribution in [2.45, 2.75) is 6.17 Å². The van der Waals surface area contributed by atoms with Gasteiger partial charge in [0.25, 0.3) is 0 Å². The van der Waals surface area contributed by atoms with Crippen molar-refractivity contribution in [3.05, 3.63) is 180 Å². The molecule has 8 aromatic carbocycles. The molecule has 0 amide bonds. The standard InChI is InChI=1S/C47H29N3O2/c1-2-10-28(11-3-1)34-15-8-18-41-43(34)44-36(16-9-19-42(44)52-41)47-49-45(31-23-22-30-21-20-29-12-4-5-13-33(29)37(30)26-31)48-46(50-47)32-24-25-40-38(27-32)35-14-6-7-17-39(35)51-40/h1-27,45H,(H,48,49,50). The maximum Gasteiger partial charge on any atom is 0.159 e. The summed E-state index contributed by atoms with van der Waals surface area (Å²) in [6.07, 6.45) is -0.398. The number of fused-ring (bicyclic) bond motifs is 9. The predicted octanol–water partition coefficient (Wildman–Crippen LogP) is 12.0. The Morgan fingerprint density at radius 3 is 1.96 bits per heavy atom. The molecule has 1 atom stereocenters. The van der Waals surface area contributed by atoms with Crippen molar-refractivity contribution >= 4 is 77.1 Å². The molecule has 11 rings (SSSR count). The fourth-order valence-electron chi connectivity index (χ4n) is 7.86. The van der Waals surface area contributed by atoms with Crippen LogP contribution < -0.4 is 5.32 Å². The summed E-state index contributed by atoms with van der Waals surface area (Å²) in [6, 6.07) is 56.9. The van der Waals surface area contributed by atoms with E-state index in [-0.39, 0.29) is 0 Å². The maximum atomic E-state index is 6.51. The van der Waals surface area contributed by atoms with Crippen LogP contribution in [-0.2, 0) is 0 Å². The molecule has 0 spiro atoms. The van der Waals surface area contributed by atoms with Gasteiger partial charge in [-0.15, -0.1) is 0 Å². The summed E-state index contributed by atoms with van der Waals surface area (Å²) < 4.78 is 12.7. The zero-order chi connectivity index (χ0) is 34.2. The van der Waals surface area contributed by atoms with Crippen molar-refractivity contribution in [3.8, 4) is 11.1 Å². The van der Waals surface area contributed by atoms with Crippen LogP contribution in [0.15, 0.2) is 183 Å². The summed E-state index contributed by atoms with van der Waals surface area (Å²) in [5.74, 6) is 1.39. The van der Waals surface area contributed by atoms with Gasteiger partial charge < -0.3 is 14.2 Å². The summed E-state index contributed by atoms with van der Waals surface area (Å²) >= 11 is 0. The molecule has 3 heterocycles. The van der Waals surface area contributed by atoms with Gasteiger partial charge in [0.2, 0.25) is 0 Å². The Morgan fingerprint density at radius 2 is 1.10 bits per heavy atom. The number of benzene rings is 8. The van der Waals surface area contributed by atoms with Gasteiger partial charge in [0.1, 0.15) is 34.3 Å². The molecule has 5 heteroatoms. The molecular weight excluding hydrogens is 639 g/mol. The number of nitrogens with zero attached hydrogens (tertiary/aromatic N) is 2. The first-order valence-corrected chi connectivity index (χ1v) is 17.5. The molecule has 0 bridgehead atoms. The first-order chi connectivity index (χ1) is 25.7. The van der Waals surface area contributed by atoms with Gasteiger partial charge in [-0.05, 0) is 80.7 Å². The second kappa shape index (κ2) is 11.3. The second-order valence-electron chi connectivity index (χ2n) is 13.4. The Bertz CT molecular complexity index is 3110. The highest BCUT2D eigenvalue weighted by atomic mass is 16.3. The molecule has 1 aliphatic rings. The summed E-state index contributed by atoms with van der Waals surface area (Å²) in [7, 11) is 0. The van der Waals surface area contributed by atoms with Gasteiger partial charge in [-0.1, -0.05) is 121 Å². The van der Waals surface area contributed by atoms with E-state index in [0.717, 1.165) is 77.5 Å². The van der Waals surface area contributed by atoms with E-state index in [2.05, 4.69) is 121 Å². The van der Waals surface area contributed by atoms with Crippen LogP contribution in [0.25, 0.3) is 76.5 Å². The lowest BCUT2D eigenvalue weighted by Gasteiger charge is -2.24. The van der Waals surface area contributed by atoms with Crippen molar-refractivity contribution in [2.75, 3.05) is 0 Å². The predicted molar refractivity (Wildman–Crippen MR) is 213 cm³/mol. The molecule has 1 unspecified atom stereocenters. The molecule has 244 valence electrons. The molecule has 2 aromatic heterocycles. The SMILES string of the molecule is c1ccc(-c2cccc3oc4cccc(C5=NC(c6ccc7oc8ccccc8c7c6)=NC(c6ccc7ccc8ccccc8c7c6)N5)c4c23)cc1. The van der Waals surface area contributed by atoms with E-state index in [1.54, 1.807) is 0 Å². The van der Waals surface area contributed by atoms with Crippen LogP contribution in [0, 0.1) is 0 Å². The van der Waals surface area contributed by atoms with Gasteiger partial charge in [-0.2, -0.15) is 0 Å². The van der Waals surface area contributed by atoms with E-state index < -0.39 is 6.17 Å². The van der Waals surface area contributed by atoms with E-state index in [1.165, 1.54) is 21.5 Å². The molecular formula is C47H29N3O2. The smallest absolute Gasteiger partial charge is 0.159 e. The first-order valence-electron chi connectivity index (χ1n) is 17.5. The highest BCUT2D eigenvalue weighted by Gasteiger charge is 2.25. The monoisotopic (exact) mass is 667 g/mol. The zero-order valence-electron chi connectivity index (χ0n) is 27.9. The van der Waals surface area contributed by atoms with E-state index in [1.807, 2.05) is 48.5 Å². The van der Waals surface area contributed by atoms with Crippen molar-refractivity contribution < 1.29 is 8.83 Å². The molecule has 1 aliphatic heterocycles. The van der Waals surface area contributed by atoms with E-state index in [9.17, 15) is 0 Å². The summed E-state index contributed by atoms with van der Waals surface area (Å²) in [5, 5.41) is 12.8. The Hall–Kier alpha value is -6.98. The van der Waals surface area contributed by atoms with Crippen LogP contribution in [0.4, 0.5) is 0 Å². The number of hydrogen-bond acceptors (Lipinski definition) is 5. The molecule has 10 aromatic rings. The third kappa shape index (κ3) is 4.49. The van der Waals surface area contributed by atoms with E-state index in [0.29, 0.717) is 5.84 Å². The minimum absolute atomic E-state index is 0.398. The Labute approximate surface area is 298 Å². The number of furan rings is 2. The topological polar surface area (TPSA) is 63.0 Å². The molecule has 0 fully saturated rings. The van der Waals surface area contributed by atoms with Crippen LogP contribution in [0.2, 0.25) is 0 Å². The first kappa shape index (κ1) is 28.8. The van der Waals surface area contributed by atoms with Gasteiger partial charge in [0, 0.05) is 32.7 Å². The average Bonchev–Trinajstić information content (AvgIpc) is 3.79. The normalized spacial score (nSPS) is 14.7. The van der Waals surface area contributed by atoms with Gasteiger partial charge >= 0.3 is 0 Å². The maximum absolute atomic E-state index is 6.51. The highest BCUT2D eigenvalue weighted by molar-refractivity contribution is 6.24. The van der Waals surface area contributed by atoms with Gasteiger partial charge in [0.05, 0.1) is 0 Å². The van der Waals surface area contributed by atoms with Crippen molar-refractivity contribution in [1.29, 1.82) is 0 Å². The quantitative estimate of drug-likeness (QED) is 0.190. The van der Waals surface area contributed by atoms with E-state index >= 15 is 0 Å². The number of hydrogen-bond donors (Lipinski definition) is 1. The molecule has 1 N–H and O–H groups in total. The van der Waals surface area contributed by atoms with Crippen LogP contribution in [0.3, 0.4) is 0 Å². The Balaban J connectivity index is 1.14. The van der Waals surface area contributed by atoms with Crippen LogP contribution in [0.5, 0.6) is 0 Å². The molecule has 0 radical (unpaired) electrons. The number of nitrogens with one attached hydrogen (secondary N) is 1. The summed E-state index contributed by atoms with van der Waals surface area (Å²) in [5.41, 5.74) is 8.52. The third-order valence-electron chi connectivity index (χ3n) is 10.3. The second-order valence-corrected chi connectivity index (χ2v) is 13.4. The number of amidine groups is 2. The molecule has 0 saturated carbocycles. The zero-order valence-corrected chi connectivity index (χ0v) is 27.9. The fraction of sp³-hybridized carbons (Fsp3) is 0.0213. The third-order valence-corrected chi connectivity index (χ3v) is 10.3. The molecule has 0 aliphatic carbocycles. The van der Waals surface area contributed by atoms with Crippen molar-refractivity contribution in [3.63, 3.8) is 0 Å². The van der Waals surface area contributed by atoms with Crippen LogP contribution in [-0.4, -0.2) is 11.7 Å². The molecule has 5 nitrogen and oxygen atoms in total. The lowest BCUT2D eigenvalue weighted by molar-refractivity contribution is 0.667. The largest absolute Gasteiger partial charge is 0.456 e. The van der Waals surface area contributed by atoms with Gasteiger partial charge in [0.15, 0.2) is 5.84 Å². The van der Waals surface area contributed by atoms with Crippen LogP contribution >= 0.6 is 0 Å². The number of rotatable bonds is 4. The van der Waals surface area contributed by atoms with Crippen molar-refractivity contribution in [1.82, 2.24) is 5.32 Å². The number of aliphatic imine (C=N–C) groups is 2. The summed E-state index contributed by atoms with van der Waals surface area (Å²) in [6.45, 7) is 0. The fourth-order valence-corrected chi connectivity index (χ4v) is 7.86. The molecule has 0 saturated heterocycles. The molecule has 52 heavy (non-hydrogen) atoms. The van der Waals surface area contributed by atoms with E-state index in [4.69, 9.17) is 18.8 Å². The minimum atomic E-state index is -0.398. The van der Waals surface area contributed by atoms with Crippen LogP contribution in [0.1, 0.15) is 22.9 Å². The number of para-hydroxylation sites is 1. The lowest BCUT2D eigenvalue weighted by atomic mass is 9.96. The van der Waals surface area contributed by atoms with Crippen molar-refractivity contribution in [2.24, 2.45) is 9.98 Å². The summed E-state index contributed by atoms with van der Waals surface area (Å²) in [4.78, 5) is 10.6. The Morgan fingerprint density at radius 1 is 0.442 bits per heavy atom. The Kier molecular flexibility index (Phi) is 6.25. The minimum Gasteiger partial charge on any atom is -0.456 e.